The van der Waals surface area contributed by atoms with Gasteiger partial charge in [0.25, 0.3) is 5.91 Å². The van der Waals surface area contributed by atoms with E-state index < -0.39 is 0 Å². The predicted molar refractivity (Wildman–Crippen MR) is 110 cm³/mol. The average Bonchev–Trinajstić information content (AvgIpc) is 2.68. The van der Waals surface area contributed by atoms with Crippen molar-refractivity contribution in [2.75, 3.05) is 16.0 Å². The second kappa shape index (κ2) is 8.96. The molecule has 0 aliphatic carbocycles. The molecule has 0 radical (unpaired) electrons. The maximum Gasteiger partial charge on any atom is 0.258 e. The zero-order valence-electron chi connectivity index (χ0n) is 15.1. The van der Waals surface area contributed by atoms with E-state index in [0.717, 1.165) is 5.56 Å². The van der Waals surface area contributed by atoms with E-state index in [1.165, 1.54) is 19.3 Å². The molecule has 1 heterocycles. The van der Waals surface area contributed by atoms with E-state index in [9.17, 15) is 9.59 Å². The van der Waals surface area contributed by atoms with Crippen LogP contribution in [0.5, 0.6) is 0 Å². The van der Waals surface area contributed by atoms with Crippen molar-refractivity contribution in [2.45, 2.75) is 13.5 Å². The summed E-state index contributed by atoms with van der Waals surface area (Å²) < 4.78 is 0. The van der Waals surface area contributed by atoms with E-state index in [0.29, 0.717) is 34.5 Å². The molecule has 2 aromatic carbocycles. The minimum atomic E-state index is -0.343. The number of amides is 2. The first-order valence-corrected chi connectivity index (χ1v) is 8.87. The van der Waals surface area contributed by atoms with Crippen molar-refractivity contribution >= 4 is 40.7 Å². The van der Waals surface area contributed by atoms with Crippen molar-refractivity contribution in [3.05, 3.63) is 77.1 Å². The van der Waals surface area contributed by atoms with E-state index in [1.807, 2.05) is 24.3 Å². The van der Waals surface area contributed by atoms with Gasteiger partial charge in [0.15, 0.2) is 0 Å². The fourth-order valence-electron chi connectivity index (χ4n) is 2.40. The summed E-state index contributed by atoms with van der Waals surface area (Å²) >= 11 is 5.86. The molecule has 28 heavy (non-hydrogen) atoms. The first-order valence-electron chi connectivity index (χ1n) is 8.49. The Morgan fingerprint density at radius 1 is 0.964 bits per heavy atom. The van der Waals surface area contributed by atoms with Gasteiger partial charge in [-0.15, -0.1) is 0 Å². The number of hydrogen-bond acceptors (Lipinski definition) is 5. The first-order chi connectivity index (χ1) is 13.5. The predicted octanol–water partition coefficient (Wildman–Crippen LogP) is 3.95. The third-order valence-electron chi connectivity index (χ3n) is 3.72. The molecular weight excluding hydrogens is 378 g/mol. The van der Waals surface area contributed by atoms with E-state index in [-0.39, 0.29) is 11.8 Å². The van der Waals surface area contributed by atoms with Gasteiger partial charge >= 0.3 is 0 Å². The van der Waals surface area contributed by atoms with Gasteiger partial charge in [0, 0.05) is 42.3 Å². The van der Waals surface area contributed by atoms with Crippen LogP contribution in [0.15, 0.2) is 60.9 Å². The van der Waals surface area contributed by atoms with Crippen molar-refractivity contribution < 1.29 is 9.59 Å². The third-order valence-corrected chi connectivity index (χ3v) is 3.97. The van der Waals surface area contributed by atoms with Gasteiger partial charge in [0.05, 0.1) is 5.56 Å². The van der Waals surface area contributed by atoms with Gasteiger partial charge in [-0.1, -0.05) is 29.8 Å². The molecule has 0 aliphatic rings. The molecule has 1 aromatic heterocycles. The van der Waals surface area contributed by atoms with Crippen LogP contribution in [0.3, 0.4) is 0 Å². The Balaban J connectivity index is 1.59. The monoisotopic (exact) mass is 395 g/mol. The molecule has 0 bridgehead atoms. The van der Waals surface area contributed by atoms with Gasteiger partial charge in [-0.3, -0.25) is 9.59 Å². The van der Waals surface area contributed by atoms with Crippen molar-refractivity contribution in [1.82, 2.24) is 9.97 Å². The largest absolute Gasteiger partial charge is 0.350 e. The number of carbonyl (C=O) groups excluding carboxylic acids is 2. The zero-order chi connectivity index (χ0) is 19.9. The Kier molecular flexibility index (Phi) is 6.18. The number of benzene rings is 2. The second-order valence-corrected chi connectivity index (χ2v) is 6.43. The molecule has 3 N–H and O–H groups in total. The number of rotatable bonds is 6. The van der Waals surface area contributed by atoms with Crippen molar-refractivity contribution in [3.8, 4) is 0 Å². The van der Waals surface area contributed by atoms with Crippen LogP contribution < -0.4 is 16.0 Å². The van der Waals surface area contributed by atoms with E-state index in [4.69, 9.17) is 11.6 Å². The number of halogens is 1. The van der Waals surface area contributed by atoms with Crippen LogP contribution in [0.4, 0.5) is 17.3 Å². The van der Waals surface area contributed by atoms with Gasteiger partial charge in [0.2, 0.25) is 11.9 Å². The van der Waals surface area contributed by atoms with Crippen LogP contribution >= 0.6 is 11.6 Å². The second-order valence-electron chi connectivity index (χ2n) is 5.99. The number of anilines is 3. The molecule has 0 unspecified atom stereocenters. The van der Waals surface area contributed by atoms with Crippen LogP contribution in [-0.4, -0.2) is 21.8 Å². The number of nitrogens with zero attached hydrogens (tertiary/aromatic N) is 2. The molecule has 0 aliphatic heterocycles. The van der Waals surface area contributed by atoms with Crippen LogP contribution in [0.2, 0.25) is 5.02 Å². The van der Waals surface area contributed by atoms with Crippen molar-refractivity contribution in [2.24, 2.45) is 0 Å². The highest BCUT2D eigenvalue weighted by Gasteiger charge is 2.08. The molecular formula is C20H18ClN5O2. The average molecular weight is 396 g/mol. The molecule has 3 aromatic rings. The Morgan fingerprint density at radius 2 is 1.61 bits per heavy atom. The molecule has 0 fully saturated rings. The van der Waals surface area contributed by atoms with Gasteiger partial charge in [0.1, 0.15) is 0 Å². The maximum atomic E-state index is 12.4. The standard InChI is InChI=1S/C20H18ClN5O2/c1-13(27)25-17-3-2-4-18(9-17)26-19(28)15-11-23-20(24-12-15)22-10-14-5-7-16(21)8-6-14/h2-9,11-12H,10H2,1H3,(H,25,27)(H,26,28)(H,22,23,24). The highest BCUT2D eigenvalue weighted by Crippen LogP contribution is 2.16. The first kappa shape index (κ1) is 19.3. The Bertz CT molecular complexity index is 975. The van der Waals surface area contributed by atoms with E-state index in [1.54, 1.807) is 24.3 Å². The molecule has 142 valence electrons. The lowest BCUT2D eigenvalue weighted by Crippen LogP contribution is -2.14. The van der Waals surface area contributed by atoms with E-state index >= 15 is 0 Å². The van der Waals surface area contributed by atoms with Gasteiger partial charge in [-0.25, -0.2) is 9.97 Å². The summed E-state index contributed by atoms with van der Waals surface area (Å²) in [5.41, 5.74) is 2.51. The summed E-state index contributed by atoms with van der Waals surface area (Å²) in [7, 11) is 0. The highest BCUT2D eigenvalue weighted by atomic mass is 35.5. The van der Waals surface area contributed by atoms with Crippen LogP contribution in [0.25, 0.3) is 0 Å². The summed E-state index contributed by atoms with van der Waals surface area (Å²) in [5.74, 6) is -0.109. The van der Waals surface area contributed by atoms with Crippen LogP contribution in [0, 0.1) is 0 Å². The zero-order valence-corrected chi connectivity index (χ0v) is 15.8. The summed E-state index contributed by atoms with van der Waals surface area (Å²) in [6, 6.07) is 14.3. The third kappa shape index (κ3) is 5.52. The lowest BCUT2D eigenvalue weighted by atomic mass is 10.2. The van der Waals surface area contributed by atoms with Gasteiger partial charge in [-0.05, 0) is 35.9 Å². The molecule has 8 heteroatoms. The quantitative estimate of drug-likeness (QED) is 0.587. The summed E-state index contributed by atoms with van der Waals surface area (Å²) in [6.07, 6.45) is 2.90. The number of nitrogens with one attached hydrogen (secondary N) is 3. The molecule has 0 saturated carbocycles. The molecule has 0 saturated heterocycles. The SMILES string of the molecule is CC(=O)Nc1cccc(NC(=O)c2cnc(NCc3ccc(Cl)cc3)nc2)c1. The maximum absolute atomic E-state index is 12.4. The highest BCUT2D eigenvalue weighted by molar-refractivity contribution is 6.30. The van der Waals surface area contributed by atoms with Crippen LogP contribution in [-0.2, 0) is 11.3 Å². The molecule has 7 nitrogen and oxygen atoms in total. The lowest BCUT2D eigenvalue weighted by Gasteiger charge is -2.08. The summed E-state index contributed by atoms with van der Waals surface area (Å²) in [4.78, 5) is 31.8. The minimum Gasteiger partial charge on any atom is -0.350 e. The van der Waals surface area contributed by atoms with Crippen LogP contribution in [0.1, 0.15) is 22.8 Å². The number of carbonyl (C=O) groups is 2. The normalized spacial score (nSPS) is 10.2. The molecule has 0 atom stereocenters. The lowest BCUT2D eigenvalue weighted by molar-refractivity contribution is -0.114. The smallest absolute Gasteiger partial charge is 0.258 e. The summed E-state index contributed by atoms with van der Waals surface area (Å²) in [6.45, 7) is 1.96. The molecule has 3 rings (SSSR count). The Morgan fingerprint density at radius 3 is 2.25 bits per heavy atom. The van der Waals surface area contributed by atoms with Crippen molar-refractivity contribution in [3.63, 3.8) is 0 Å². The fraction of sp³-hybridized carbons (Fsp3) is 0.100. The van der Waals surface area contributed by atoms with E-state index in [2.05, 4.69) is 25.9 Å². The van der Waals surface area contributed by atoms with Crippen molar-refractivity contribution in [1.29, 1.82) is 0 Å². The fourth-order valence-corrected chi connectivity index (χ4v) is 2.53. The Labute approximate surface area is 167 Å². The molecule has 2 amide bonds. The molecule has 0 spiro atoms. The van der Waals surface area contributed by atoms with Gasteiger partial charge < -0.3 is 16.0 Å². The summed E-state index contributed by atoms with van der Waals surface area (Å²) in [5, 5.41) is 9.18. The Hall–Kier alpha value is -3.45. The minimum absolute atomic E-state index is 0.182. The van der Waals surface area contributed by atoms with Gasteiger partial charge in [-0.2, -0.15) is 0 Å². The number of aromatic nitrogens is 2. The topological polar surface area (TPSA) is 96.0 Å². The number of hydrogen-bond donors (Lipinski definition) is 3.